The van der Waals surface area contributed by atoms with Crippen molar-refractivity contribution in [1.29, 1.82) is 0 Å². The van der Waals surface area contributed by atoms with E-state index in [1.165, 1.54) is 0 Å². The summed E-state index contributed by atoms with van der Waals surface area (Å²) >= 11 is 0. The first-order chi connectivity index (χ1) is 18.6. The number of carbonyl (C=O) groups excluding carboxylic acids is 1. The van der Waals surface area contributed by atoms with Crippen molar-refractivity contribution < 1.29 is 14.6 Å². The monoisotopic (exact) mass is 505 g/mol. The number of aromatic hydroxyl groups is 1. The van der Waals surface area contributed by atoms with Crippen LogP contribution in [0.1, 0.15) is 17.5 Å². The number of hydrogen-bond donors (Lipinski definition) is 3. The largest absolute Gasteiger partial charge is 0.507 e. The second-order valence-electron chi connectivity index (χ2n) is 8.97. The summed E-state index contributed by atoms with van der Waals surface area (Å²) in [6.45, 7) is 1.37. The van der Waals surface area contributed by atoms with Gasteiger partial charge in [0.05, 0.1) is 18.7 Å². The first kappa shape index (κ1) is 24.9. The Labute approximate surface area is 221 Å². The van der Waals surface area contributed by atoms with E-state index in [0.717, 1.165) is 33.8 Å². The summed E-state index contributed by atoms with van der Waals surface area (Å²) in [6, 6.07) is 26.6. The SMILES string of the molecule is Bc1cnn2c(NCc3ccc(CNC(=O)CCOc4ccccc4)cc3)cc(-c3ccccc3O)nc12. The number of amides is 1. The number of carbonyl (C=O) groups is 1. The molecule has 2 heterocycles. The fourth-order valence-corrected chi connectivity index (χ4v) is 4.06. The highest BCUT2D eigenvalue weighted by molar-refractivity contribution is 6.36. The Balaban J connectivity index is 1.18. The third kappa shape index (κ3) is 5.95. The highest BCUT2D eigenvalue weighted by atomic mass is 16.5. The molecule has 38 heavy (non-hydrogen) atoms. The number of rotatable bonds is 10. The number of para-hydroxylation sites is 2. The van der Waals surface area contributed by atoms with Crippen LogP contribution in [0.5, 0.6) is 11.5 Å². The van der Waals surface area contributed by atoms with Gasteiger partial charge < -0.3 is 20.5 Å². The molecule has 190 valence electrons. The van der Waals surface area contributed by atoms with Crippen LogP contribution in [0.2, 0.25) is 0 Å². The minimum Gasteiger partial charge on any atom is -0.507 e. The van der Waals surface area contributed by atoms with E-state index in [4.69, 9.17) is 9.72 Å². The minimum atomic E-state index is -0.0526. The molecule has 0 spiro atoms. The van der Waals surface area contributed by atoms with Crippen LogP contribution >= 0.6 is 0 Å². The normalized spacial score (nSPS) is 10.8. The van der Waals surface area contributed by atoms with Gasteiger partial charge in [0.15, 0.2) is 5.65 Å². The smallest absolute Gasteiger partial charge is 0.223 e. The van der Waals surface area contributed by atoms with E-state index in [2.05, 4.69) is 15.7 Å². The van der Waals surface area contributed by atoms with Crippen LogP contribution in [0.15, 0.2) is 91.1 Å². The summed E-state index contributed by atoms with van der Waals surface area (Å²) in [5.41, 5.74) is 5.10. The predicted molar refractivity (Wildman–Crippen MR) is 150 cm³/mol. The fourth-order valence-electron chi connectivity index (χ4n) is 4.06. The Morgan fingerprint density at radius 1 is 0.947 bits per heavy atom. The standard InChI is InChI=1S/C29H28BN5O3/c30-24-19-33-35-27(16-25(34-29(24)35)23-8-4-5-9-26(23)36)31-17-20-10-12-21(13-11-20)18-32-28(37)14-15-38-22-6-2-1-3-7-22/h1-13,16,19,31,36H,14-15,17-18,30H2,(H,32,37). The highest BCUT2D eigenvalue weighted by Gasteiger charge is 2.13. The maximum absolute atomic E-state index is 12.2. The quantitative estimate of drug-likeness (QED) is 0.253. The third-order valence-corrected chi connectivity index (χ3v) is 6.16. The molecule has 0 aliphatic carbocycles. The van der Waals surface area contributed by atoms with Crippen LogP contribution in [-0.2, 0) is 17.9 Å². The van der Waals surface area contributed by atoms with Crippen LogP contribution in [0.25, 0.3) is 16.9 Å². The molecule has 0 atom stereocenters. The van der Waals surface area contributed by atoms with Gasteiger partial charge in [0.2, 0.25) is 5.91 Å². The van der Waals surface area contributed by atoms with Crippen LogP contribution in [0.4, 0.5) is 5.82 Å². The number of anilines is 1. The molecule has 2 aromatic heterocycles. The van der Waals surface area contributed by atoms with Crippen LogP contribution < -0.4 is 20.8 Å². The van der Waals surface area contributed by atoms with Gasteiger partial charge in [-0.3, -0.25) is 4.79 Å². The molecule has 5 aromatic rings. The Bertz CT molecular complexity index is 1540. The Kier molecular flexibility index (Phi) is 7.54. The highest BCUT2D eigenvalue weighted by Crippen LogP contribution is 2.29. The molecule has 0 fully saturated rings. The number of aromatic nitrogens is 3. The van der Waals surface area contributed by atoms with Crippen molar-refractivity contribution in [1.82, 2.24) is 19.9 Å². The molecule has 3 aromatic carbocycles. The summed E-state index contributed by atoms with van der Waals surface area (Å²) in [6.07, 6.45) is 2.08. The van der Waals surface area contributed by atoms with E-state index < -0.39 is 0 Å². The molecule has 0 unspecified atom stereocenters. The molecule has 8 nitrogen and oxygen atoms in total. The number of fused-ring (bicyclic) bond motifs is 1. The van der Waals surface area contributed by atoms with Gasteiger partial charge in [-0.2, -0.15) is 9.61 Å². The van der Waals surface area contributed by atoms with E-state index in [1.807, 2.05) is 80.6 Å². The third-order valence-electron chi connectivity index (χ3n) is 6.16. The molecule has 0 radical (unpaired) electrons. The summed E-state index contributed by atoms with van der Waals surface area (Å²) in [7, 11) is 1.96. The Morgan fingerprint density at radius 3 is 2.42 bits per heavy atom. The van der Waals surface area contributed by atoms with Crippen molar-refractivity contribution in [2.75, 3.05) is 11.9 Å². The van der Waals surface area contributed by atoms with Gasteiger partial charge in [-0.25, -0.2) is 4.98 Å². The van der Waals surface area contributed by atoms with E-state index in [-0.39, 0.29) is 11.7 Å². The van der Waals surface area contributed by atoms with Crippen LogP contribution in [0.3, 0.4) is 0 Å². The van der Waals surface area contributed by atoms with Gasteiger partial charge in [-0.1, -0.05) is 54.6 Å². The average Bonchev–Trinajstić information content (AvgIpc) is 3.32. The van der Waals surface area contributed by atoms with Crippen molar-refractivity contribution in [2.45, 2.75) is 19.5 Å². The molecule has 5 rings (SSSR count). The number of nitrogens with one attached hydrogen (secondary N) is 2. The van der Waals surface area contributed by atoms with Gasteiger partial charge in [0.1, 0.15) is 25.2 Å². The molecule has 9 heteroatoms. The molecule has 1 amide bonds. The van der Waals surface area contributed by atoms with Crippen molar-refractivity contribution in [3.63, 3.8) is 0 Å². The van der Waals surface area contributed by atoms with Crippen LogP contribution in [0, 0.1) is 0 Å². The maximum atomic E-state index is 12.2. The zero-order chi connectivity index (χ0) is 26.3. The van der Waals surface area contributed by atoms with Gasteiger partial charge >= 0.3 is 0 Å². The topological polar surface area (TPSA) is 101 Å². The maximum Gasteiger partial charge on any atom is 0.223 e. The second-order valence-corrected chi connectivity index (χ2v) is 8.97. The fraction of sp³-hybridized carbons (Fsp3) is 0.138. The molecular formula is C29H28BN5O3. The van der Waals surface area contributed by atoms with Crippen molar-refractivity contribution in [3.8, 4) is 22.8 Å². The van der Waals surface area contributed by atoms with Gasteiger partial charge in [-0.05, 0) is 40.9 Å². The average molecular weight is 505 g/mol. The lowest BCUT2D eigenvalue weighted by molar-refractivity contribution is -0.121. The minimum absolute atomic E-state index is 0.0526. The molecule has 3 N–H and O–H groups in total. The molecule has 0 saturated carbocycles. The number of phenols is 1. The number of benzene rings is 3. The summed E-state index contributed by atoms with van der Waals surface area (Å²) in [5.74, 6) is 1.66. The Morgan fingerprint density at radius 2 is 1.66 bits per heavy atom. The molecule has 0 saturated heterocycles. The Hall–Kier alpha value is -4.79. The summed E-state index contributed by atoms with van der Waals surface area (Å²) in [4.78, 5) is 16.9. The van der Waals surface area contributed by atoms with Gasteiger partial charge in [-0.15, -0.1) is 0 Å². The number of nitrogens with zero attached hydrogens (tertiary/aromatic N) is 3. The predicted octanol–water partition coefficient (Wildman–Crippen LogP) is 3.06. The lowest BCUT2D eigenvalue weighted by Gasteiger charge is -2.12. The van der Waals surface area contributed by atoms with Gasteiger partial charge in [0, 0.05) is 30.9 Å². The van der Waals surface area contributed by atoms with Gasteiger partial charge in [0.25, 0.3) is 0 Å². The first-order valence-corrected chi connectivity index (χ1v) is 12.5. The molecule has 0 bridgehead atoms. The number of hydrogen-bond acceptors (Lipinski definition) is 6. The number of ether oxygens (including phenoxy) is 1. The zero-order valence-electron chi connectivity index (χ0n) is 21.1. The van der Waals surface area contributed by atoms with Crippen molar-refractivity contribution in [2.24, 2.45) is 0 Å². The van der Waals surface area contributed by atoms with E-state index in [9.17, 15) is 9.90 Å². The lowest BCUT2D eigenvalue weighted by atomic mass is 10.0. The van der Waals surface area contributed by atoms with Crippen molar-refractivity contribution >= 4 is 30.7 Å². The number of phenolic OH excluding ortho intramolecular Hbond substituents is 1. The van der Waals surface area contributed by atoms with Crippen LogP contribution in [-0.4, -0.2) is 40.1 Å². The first-order valence-electron chi connectivity index (χ1n) is 12.5. The zero-order valence-corrected chi connectivity index (χ0v) is 21.1. The molecule has 0 aliphatic heterocycles. The van der Waals surface area contributed by atoms with E-state index in [0.29, 0.717) is 37.4 Å². The van der Waals surface area contributed by atoms with E-state index in [1.54, 1.807) is 22.8 Å². The summed E-state index contributed by atoms with van der Waals surface area (Å²) in [5, 5.41) is 21.2. The van der Waals surface area contributed by atoms with Crippen molar-refractivity contribution in [3.05, 3.63) is 102 Å². The molecular weight excluding hydrogens is 477 g/mol. The lowest BCUT2D eigenvalue weighted by Crippen LogP contribution is -2.24. The summed E-state index contributed by atoms with van der Waals surface area (Å²) < 4.78 is 7.35. The second kappa shape index (κ2) is 11.5. The molecule has 0 aliphatic rings. The van der Waals surface area contributed by atoms with E-state index >= 15 is 0 Å².